The first-order valence-electron chi connectivity index (χ1n) is 8.62. The standard InChI is InChI=1S/C20H23N3O2/c1-3-4-11-21-20(24)17-9-5-6-10-18(17)25-14-16-13-23-12-7-8-15(2)19(23)22-16/h5-10,12-13H,3-4,11,14H2,1-2H3,(H,21,24). The van der Waals surface area contributed by atoms with Gasteiger partial charge >= 0.3 is 0 Å². The van der Waals surface area contributed by atoms with Gasteiger partial charge in [0, 0.05) is 18.9 Å². The van der Waals surface area contributed by atoms with Crippen LogP contribution in [0.4, 0.5) is 0 Å². The molecule has 1 aromatic carbocycles. The number of amides is 1. The van der Waals surface area contributed by atoms with Crippen LogP contribution in [-0.4, -0.2) is 21.8 Å². The molecule has 0 bridgehead atoms. The lowest BCUT2D eigenvalue weighted by Gasteiger charge is -2.10. The molecule has 0 fully saturated rings. The van der Waals surface area contributed by atoms with Gasteiger partial charge in [0.05, 0.1) is 11.3 Å². The van der Waals surface area contributed by atoms with Crippen molar-refractivity contribution in [1.82, 2.24) is 14.7 Å². The Kier molecular flexibility index (Phi) is 5.33. The number of nitrogens with one attached hydrogen (secondary N) is 1. The SMILES string of the molecule is CCCCNC(=O)c1ccccc1OCc1cn2cccc(C)c2n1. The molecule has 0 aliphatic rings. The van der Waals surface area contributed by atoms with Crippen LogP contribution in [-0.2, 0) is 6.61 Å². The van der Waals surface area contributed by atoms with E-state index in [1.807, 2.05) is 54.0 Å². The minimum Gasteiger partial charge on any atom is -0.486 e. The first-order chi connectivity index (χ1) is 12.2. The zero-order valence-electron chi connectivity index (χ0n) is 14.7. The second-order valence-electron chi connectivity index (χ2n) is 6.05. The first-order valence-corrected chi connectivity index (χ1v) is 8.62. The molecular weight excluding hydrogens is 314 g/mol. The van der Waals surface area contributed by atoms with E-state index in [1.165, 1.54) is 0 Å². The predicted octanol–water partition coefficient (Wildman–Crippen LogP) is 3.75. The monoisotopic (exact) mass is 337 g/mol. The van der Waals surface area contributed by atoms with Crippen molar-refractivity contribution in [2.45, 2.75) is 33.3 Å². The number of aromatic nitrogens is 2. The lowest BCUT2D eigenvalue weighted by Crippen LogP contribution is -2.24. The van der Waals surface area contributed by atoms with E-state index in [2.05, 4.69) is 17.2 Å². The van der Waals surface area contributed by atoms with Crippen LogP contribution >= 0.6 is 0 Å². The van der Waals surface area contributed by atoms with Crippen molar-refractivity contribution in [3.63, 3.8) is 0 Å². The summed E-state index contributed by atoms with van der Waals surface area (Å²) in [5, 5.41) is 2.93. The van der Waals surface area contributed by atoms with Crippen LogP contribution in [0, 0.1) is 6.92 Å². The Morgan fingerprint density at radius 1 is 1.24 bits per heavy atom. The molecule has 0 spiro atoms. The van der Waals surface area contributed by atoms with Crippen molar-refractivity contribution in [3.8, 4) is 5.75 Å². The number of benzene rings is 1. The first kappa shape index (κ1) is 17.0. The molecule has 5 nitrogen and oxygen atoms in total. The summed E-state index contributed by atoms with van der Waals surface area (Å²) in [6.07, 6.45) is 5.93. The molecule has 0 saturated carbocycles. The van der Waals surface area contributed by atoms with E-state index in [4.69, 9.17) is 4.74 Å². The van der Waals surface area contributed by atoms with Gasteiger partial charge in [-0.3, -0.25) is 4.79 Å². The van der Waals surface area contributed by atoms with Gasteiger partial charge < -0.3 is 14.5 Å². The van der Waals surface area contributed by atoms with Crippen LogP contribution in [0.15, 0.2) is 48.8 Å². The van der Waals surface area contributed by atoms with Crippen molar-refractivity contribution in [3.05, 3.63) is 65.6 Å². The Labute approximate surface area is 147 Å². The third-order valence-corrected chi connectivity index (χ3v) is 4.05. The fourth-order valence-electron chi connectivity index (χ4n) is 2.68. The van der Waals surface area contributed by atoms with Gasteiger partial charge in [-0.25, -0.2) is 4.98 Å². The summed E-state index contributed by atoms with van der Waals surface area (Å²) in [4.78, 5) is 16.9. The van der Waals surface area contributed by atoms with E-state index >= 15 is 0 Å². The second kappa shape index (κ2) is 7.83. The van der Waals surface area contributed by atoms with E-state index in [9.17, 15) is 4.79 Å². The quantitative estimate of drug-likeness (QED) is 0.668. The Bertz CT molecular complexity index is 870. The molecule has 3 rings (SSSR count). The van der Waals surface area contributed by atoms with Crippen LogP contribution in [0.2, 0.25) is 0 Å². The van der Waals surface area contributed by atoms with Gasteiger partial charge in [-0.05, 0) is 37.1 Å². The summed E-state index contributed by atoms with van der Waals surface area (Å²) >= 11 is 0. The van der Waals surface area contributed by atoms with E-state index in [0.29, 0.717) is 24.5 Å². The number of hydrogen-bond acceptors (Lipinski definition) is 3. The molecule has 130 valence electrons. The smallest absolute Gasteiger partial charge is 0.255 e. The van der Waals surface area contributed by atoms with Crippen molar-refractivity contribution in [1.29, 1.82) is 0 Å². The van der Waals surface area contributed by atoms with Gasteiger partial charge in [-0.15, -0.1) is 0 Å². The number of hydrogen-bond donors (Lipinski definition) is 1. The lowest BCUT2D eigenvalue weighted by molar-refractivity contribution is 0.0948. The molecule has 5 heteroatoms. The number of carbonyl (C=O) groups is 1. The highest BCUT2D eigenvalue weighted by atomic mass is 16.5. The van der Waals surface area contributed by atoms with E-state index in [-0.39, 0.29) is 5.91 Å². The molecule has 0 saturated heterocycles. The maximum Gasteiger partial charge on any atom is 0.255 e. The number of nitrogens with zero attached hydrogens (tertiary/aromatic N) is 2. The van der Waals surface area contributed by atoms with Crippen LogP contribution < -0.4 is 10.1 Å². The molecule has 0 aliphatic heterocycles. The van der Waals surface area contributed by atoms with E-state index < -0.39 is 0 Å². The normalized spacial score (nSPS) is 10.8. The predicted molar refractivity (Wildman–Crippen MR) is 97.9 cm³/mol. The molecule has 0 radical (unpaired) electrons. The summed E-state index contributed by atoms with van der Waals surface area (Å²) in [6, 6.07) is 11.3. The Morgan fingerprint density at radius 2 is 2.08 bits per heavy atom. The fourth-order valence-corrected chi connectivity index (χ4v) is 2.68. The molecule has 0 unspecified atom stereocenters. The number of unbranched alkanes of at least 4 members (excludes halogenated alkanes) is 1. The summed E-state index contributed by atoms with van der Waals surface area (Å²) in [5.41, 5.74) is 3.42. The highest BCUT2D eigenvalue weighted by Crippen LogP contribution is 2.20. The molecule has 0 atom stereocenters. The van der Waals surface area contributed by atoms with Gasteiger partial charge in [-0.2, -0.15) is 0 Å². The number of ether oxygens (including phenoxy) is 1. The maximum atomic E-state index is 12.3. The number of imidazole rings is 1. The summed E-state index contributed by atoms with van der Waals surface area (Å²) < 4.78 is 7.87. The van der Waals surface area contributed by atoms with Gasteiger partial charge in [0.15, 0.2) is 0 Å². The van der Waals surface area contributed by atoms with Crippen molar-refractivity contribution in [2.24, 2.45) is 0 Å². The highest BCUT2D eigenvalue weighted by molar-refractivity contribution is 5.96. The van der Waals surface area contributed by atoms with Crippen molar-refractivity contribution >= 4 is 11.6 Å². The van der Waals surface area contributed by atoms with Crippen LogP contribution in [0.1, 0.15) is 41.4 Å². The summed E-state index contributed by atoms with van der Waals surface area (Å²) in [5.74, 6) is 0.472. The summed E-state index contributed by atoms with van der Waals surface area (Å²) in [6.45, 7) is 5.12. The zero-order valence-corrected chi connectivity index (χ0v) is 14.7. The van der Waals surface area contributed by atoms with Crippen LogP contribution in [0.3, 0.4) is 0 Å². The number of fused-ring (bicyclic) bond motifs is 1. The van der Waals surface area contributed by atoms with Gasteiger partial charge in [-0.1, -0.05) is 31.5 Å². The van der Waals surface area contributed by atoms with Crippen molar-refractivity contribution < 1.29 is 9.53 Å². The number of aryl methyl sites for hydroxylation is 1. The Hall–Kier alpha value is -2.82. The van der Waals surface area contributed by atoms with Crippen LogP contribution in [0.25, 0.3) is 5.65 Å². The zero-order chi connectivity index (χ0) is 17.6. The molecule has 2 heterocycles. The minimum atomic E-state index is -0.102. The number of carbonyl (C=O) groups excluding carboxylic acids is 1. The maximum absolute atomic E-state index is 12.3. The summed E-state index contributed by atoms with van der Waals surface area (Å²) in [7, 11) is 0. The molecule has 0 aliphatic carbocycles. The van der Waals surface area contributed by atoms with Crippen molar-refractivity contribution in [2.75, 3.05) is 6.54 Å². The topological polar surface area (TPSA) is 55.6 Å². The average Bonchev–Trinajstić information content (AvgIpc) is 3.05. The number of pyridine rings is 1. The molecule has 25 heavy (non-hydrogen) atoms. The molecule has 3 aromatic rings. The van der Waals surface area contributed by atoms with E-state index in [1.54, 1.807) is 6.07 Å². The third-order valence-electron chi connectivity index (χ3n) is 4.05. The highest BCUT2D eigenvalue weighted by Gasteiger charge is 2.12. The van der Waals surface area contributed by atoms with Crippen LogP contribution in [0.5, 0.6) is 5.75 Å². The molecule has 1 amide bonds. The largest absolute Gasteiger partial charge is 0.486 e. The average molecular weight is 337 g/mol. The van der Waals surface area contributed by atoms with Gasteiger partial charge in [0.2, 0.25) is 0 Å². The number of para-hydroxylation sites is 1. The third kappa shape index (κ3) is 3.99. The fraction of sp³-hybridized carbons (Fsp3) is 0.300. The minimum absolute atomic E-state index is 0.102. The lowest BCUT2D eigenvalue weighted by atomic mass is 10.2. The van der Waals surface area contributed by atoms with E-state index in [0.717, 1.165) is 29.7 Å². The van der Waals surface area contributed by atoms with Gasteiger partial charge in [0.1, 0.15) is 18.0 Å². The Morgan fingerprint density at radius 3 is 2.88 bits per heavy atom. The molecule has 1 N–H and O–H groups in total. The molecule has 2 aromatic heterocycles. The molecular formula is C20H23N3O2. The second-order valence-corrected chi connectivity index (χ2v) is 6.05. The Balaban J connectivity index is 1.72. The number of rotatable bonds is 7. The van der Waals surface area contributed by atoms with Gasteiger partial charge in [0.25, 0.3) is 5.91 Å².